The highest BCUT2D eigenvalue weighted by molar-refractivity contribution is 6.33. The highest BCUT2D eigenvalue weighted by Gasteiger charge is 2.37. The van der Waals surface area contributed by atoms with Gasteiger partial charge in [0, 0.05) is 26.0 Å². The van der Waals surface area contributed by atoms with E-state index in [2.05, 4.69) is 5.32 Å². The summed E-state index contributed by atoms with van der Waals surface area (Å²) >= 11 is 6.07. The number of hydrogen-bond donors (Lipinski definition) is 2. The number of rotatable bonds is 9. The molecule has 0 bridgehead atoms. The van der Waals surface area contributed by atoms with Crippen molar-refractivity contribution < 1.29 is 28.0 Å². The maximum absolute atomic E-state index is 13.2. The van der Waals surface area contributed by atoms with E-state index in [1.807, 2.05) is 0 Å². The molecule has 3 atom stereocenters. The number of hydroxylamine groups is 3. The van der Waals surface area contributed by atoms with Gasteiger partial charge in [-0.3, -0.25) is 4.79 Å². The van der Waals surface area contributed by atoms with Crippen LogP contribution in [0.2, 0.25) is 5.02 Å². The van der Waals surface area contributed by atoms with Crippen LogP contribution in [0.3, 0.4) is 0 Å². The van der Waals surface area contributed by atoms with Gasteiger partial charge in [0.25, 0.3) is 5.91 Å². The van der Waals surface area contributed by atoms with Crippen LogP contribution in [0.5, 0.6) is 11.5 Å². The number of carbonyl (C=O) groups excluding carboxylic acids is 1. The van der Waals surface area contributed by atoms with E-state index < -0.39 is 10.8 Å². The Morgan fingerprint density at radius 1 is 1.30 bits per heavy atom. The predicted octanol–water partition coefficient (Wildman–Crippen LogP) is 3.37. The fourth-order valence-electron chi connectivity index (χ4n) is 3.95. The van der Waals surface area contributed by atoms with Crippen molar-refractivity contribution in [1.29, 1.82) is 0 Å². The predicted molar refractivity (Wildman–Crippen MR) is 124 cm³/mol. The first-order valence-electron chi connectivity index (χ1n) is 10.7. The maximum Gasteiger partial charge on any atom is 0.255 e. The summed E-state index contributed by atoms with van der Waals surface area (Å²) in [4.78, 5) is 12.9. The van der Waals surface area contributed by atoms with Crippen LogP contribution in [0, 0.1) is 11.0 Å². The van der Waals surface area contributed by atoms with Crippen molar-refractivity contribution in [3.05, 3.63) is 58.0 Å². The number of nitrogens with zero attached hydrogens (tertiary/aromatic N) is 1. The third kappa shape index (κ3) is 6.48. The zero-order valence-electron chi connectivity index (χ0n) is 18.7. The molecule has 2 aromatic carbocycles. The molecule has 1 heterocycles. The Hall–Kier alpha value is -2.59. The Morgan fingerprint density at radius 3 is 2.70 bits per heavy atom. The number of piperidine rings is 1. The molecule has 1 amide bonds. The minimum atomic E-state index is -0.450. The van der Waals surface area contributed by atoms with Crippen LogP contribution in [-0.4, -0.2) is 63.2 Å². The fourth-order valence-corrected chi connectivity index (χ4v) is 4.11. The molecule has 0 saturated carbocycles. The first-order valence-corrected chi connectivity index (χ1v) is 11.0. The van der Waals surface area contributed by atoms with E-state index in [1.165, 1.54) is 38.5 Å². The number of carbonyl (C=O) groups is 1. The van der Waals surface area contributed by atoms with Gasteiger partial charge >= 0.3 is 0 Å². The molecule has 33 heavy (non-hydrogen) atoms. The van der Waals surface area contributed by atoms with Gasteiger partial charge in [-0.15, -0.1) is 0 Å². The molecule has 3 N–H and O–H groups in total. The molecule has 8 nitrogen and oxygen atoms in total. The minimum absolute atomic E-state index is 0.206. The minimum Gasteiger partial charge on any atom is -0.633 e. The van der Waals surface area contributed by atoms with E-state index in [9.17, 15) is 14.4 Å². The summed E-state index contributed by atoms with van der Waals surface area (Å²) in [6.07, 6.45) is 0.543. The van der Waals surface area contributed by atoms with Crippen LogP contribution in [0.15, 0.2) is 36.4 Å². The Morgan fingerprint density at radius 2 is 2.03 bits per heavy atom. The summed E-state index contributed by atoms with van der Waals surface area (Å²) in [5.41, 5.74) is 6.36. The molecule has 180 valence electrons. The van der Waals surface area contributed by atoms with Crippen molar-refractivity contribution in [3.8, 4) is 11.5 Å². The van der Waals surface area contributed by atoms with Gasteiger partial charge in [-0.1, -0.05) is 11.6 Å². The lowest BCUT2D eigenvalue weighted by atomic mass is 10.00. The van der Waals surface area contributed by atoms with E-state index in [1.54, 1.807) is 12.1 Å². The standard InChI is InChI=1S/C23H29ClFN3O5/c1-31-21-13-19(26)18(24)12-17(21)23(29)27-20-8-10-28(30,14-22(20)32-2)9-3-11-33-16-6-4-15(25)5-7-16/h4-7,12-13,20,22H,3,8-11,14,26H2,1-2H3,(H,27,29)/t20-,22+,28?/m0/s1. The number of amides is 1. The van der Waals surface area contributed by atoms with Crippen LogP contribution >= 0.6 is 11.6 Å². The molecule has 1 unspecified atom stereocenters. The van der Waals surface area contributed by atoms with E-state index in [-0.39, 0.29) is 34.9 Å². The topological polar surface area (TPSA) is 106 Å². The highest BCUT2D eigenvalue weighted by Crippen LogP contribution is 2.29. The Bertz CT molecular complexity index is 962. The monoisotopic (exact) mass is 481 g/mol. The molecular weight excluding hydrogens is 453 g/mol. The average molecular weight is 482 g/mol. The van der Waals surface area contributed by atoms with Gasteiger partial charge in [-0.05, 0) is 30.3 Å². The molecule has 0 radical (unpaired) electrons. The maximum atomic E-state index is 13.2. The van der Waals surface area contributed by atoms with Crippen molar-refractivity contribution in [2.75, 3.05) is 46.2 Å². The zero-order valence-corrected chi connectivity index (χ0v) is 19.4. The van der Waals surface area contributed by atoms with Crippen LogP contribution in [-0.2, 0) is 4.74 Å². The summed E-state index contributed by atoms with van der Waals surface area (Å²) in [6.45, 7) is 1.24. The number of halogens is 2. The lowest BCUT2D eigenvalue weighted by Gasteiger charge is -2.50. The molecule has 10 heteroatoms. The third-order valence-electron chi connectivity index (χ3n) is 5.78. The molecule has 1 fully saturated rings. The van der Waals surface area contributed by atoms with Gasteiger partial charge in [-0.2, -0.15) is 0 Å². The van der Waals surface area contributed by atoms with E-state index in [4.69, 9.17) is 31.5 Å². The van der Waals surface area contributed by atoms with Crippen molar-refractivity contribution in [1.82, 2.24) is 5.32 Å². The number of methoxy groups -OCH3 is 2. The van der Waals surface area contributed by atoms with Crippen molar-refractivity contribution in [3.63, 3.8) is 0 Å². The Kier molecular flexibility index (Phi) is 8.36. The first kappa shape index (κ1) is 25.0. The smallest absolute Gasteiger partial charge is 0.255 e. The summed E-state index contributed by atoms with van der Waals surface area (Å²) < 4.78 is 28.9. The van der Waals surface area contributed by atoms with Crippen LogP contribution in [0.4, 0.5) is 10.1 Å². The molecule has 0 spiro atoms. The third-order valence-corrected chi connectivity index (χ3v) is 6.11. The largest absolute Gasteiger partial charge is 0.633 e. The van der Waals surface area contributed by atoms with Crippen molar-refractivity contribution in [2.24, 2.45) is 0 Å². The summed E-state index contributed by atoms with van der Waals surface area (Å²) in [5, 5.41) is 16.4. The molecule has 1 saturated heterocycles. The number of benzene rings is 2. The Balaban J connectivity index is 1.54. The Labute approximate surface area is 197 Å². The normalized spacial score (nSPS) is 22.6. The van der Waals surface area contributed by atoms with E-state index >= 15 is 0 Å². The van der Waals surface area contributed by atoms with Gasteiger partial charge in [-0.25, -0.2) is 4.39 Å². The number of nitrogens with one attached hydrogen (secondary N) is 1. The lowest BCUT2D eigenvalue weighted by molar-refractivity contribution is -0.889. The molecule has 1 aliphatic rings. The number of ether oxygens (including phenoxy) is 3. The van der Waals surface area contributed by atoms with Gasteiger partial charge in [0.1, 0.15) is 30.0 Å². The highest BCUT2D eigenvalue weighted by atomic mass is 35.5. The quantitative estimate of drug-likeness (QED) is 0.246. The van der Waals surface area contributed by atoms with Crippen LogP contribution in [0.25, 0.3) is 0 Å². The summed E-state index contributed by atoms with van der Waals surface area (Å²) in [7, 11) is 2.97. The fraction of sp³-hybridized carbons (Fsp3) is 0.435. The van der Waals surface area contributed by atoms with Crippen molar-refractivity contribution in [2.45, 2.75) is 25.0 Å². The van der Waals surface area contributed by atoms with Gasteiger partial charge < -0.3 is 35.1 Å². The number of nitrogens with two attached hydrogens (primary N) is 1. The SMILES string of the molecule is COc1cc(N)c(Cl)cc1C(=O)N[C@H]1CC[N+]([O-])(CCCOc2ccc(F)cc2)C[C@H]1OC. The molecule has 3 rings (SSSR count). The van der Waals surface area contributed by atoms with Gasteiger partial charge in [0.15, 0.2) is 0 Å². The average Bonchev–Trinajstić information content (AvgIpc) is 2.80. The number of anilines is 1. The summed E-state index contributed by atoms with van der Waals surface area (Å²) in [6, 6.07) is 8.38. The number of quaternary nitrogens is 1. The molecule has 2 aromatic rings. The second-order valence-electron chi connectivity index (χ2n) is 8.06. The number of hydrogen-bond acceptors (Lipinski definition) is 6. The zero-order chi connectivity index (χ0) is 24.0. The second kappa shape index (κ2) is 11.0. The van der Waals surface area contributed by atoms with Gasteiger partial charge in [0.2, 0.25) is 0 Å². The summed E-state index contributed by atoms with van der Waals surface area (Å²) in [5.74, 6) is 0.168. The molecule has 0 aromatic heterocycles. The number of nitrogen functional groups attached to an aromatic ring is 1. The second-order valence-corrected chi connectivity index (χ2v) is 8.47. The van der Waals surface area contributed by atoms with Crippen molar-refractivity contribution >= 4 is 23.2 Å². The van der Waals surface area contributed by atoms with Crippen LogP contribution < -0.4 is 20.5 Å². The van der Waals surface area contributed by atoms with E-state index in [0.29, 0.717) is 49.7 Å². The van der Waals surface area contributed by atoms with Gasteiger partial charge in [0.05, 0.1) is 49.1 Å². The molecule has 0 aliphatic carbocycles. The lowest BCUT2D eigenvalue weighted by Crippen LogP contribution is -2.61. The molecule has 1 aliphatic heterocycles. The van der Waals surface area contributed by atoms with E-state index in [0.717, 1.165) is 0 Å². The van der Waals surface area contributed by atoms with Crippen LogP contribution in [0.1, 0.15) is 23.2 Å². The first-order chi connectivity index (χ1) is 15.7. The molecular formula is C23H29ClFN3O5. The number of likely N-dealkylation sites (tertiary alicyclic amines) is 1.